The van der Waals surface area contributed by atoms with Gasteiger partial charge in [0.25, 0.3) is 11.5 Å². The molecule has 0 unspecified atom stereocenters. The van der Waals surface area contributed by atoms with Crippen LogP contribution in [0.5, 0.6) is 0 Å². The fourth-order valence-corrected chi connectivity index (χ4v) is 4.37. The molecule has 150 valence electrons. The first-order chi connectivity index (χ1) is 13.5. The molecule has 2 aliphatic carbocycles. The van der Waals surface area contributed by atoms with Crippen LogP contribution in [0.1, 0.15) is 69.2 Å². The number of aryl methyl sites for hydroxylation is 1. The SMILES string of the molecule is CCCn1c(=O)[nH]c(=O)c2cc(C(=O)N(C3CCC(C)CC3)C3CC3)cnc21. The van der Waals surface area contributed by atoms with Gasteiger partial charge in [0.2, 0.25) is 0 Å². The van der Waals surface area contributed by atoms with Crippen molar-refractivity contribution in [3.8, 4) is 0 Å². The number of carbonyl (C=O) groups is 1. The molecule has 1 N–H and O–H groups in total. The predicted octanol–water partition coefficient (Wildman–Crippen LogP) is 2.68. The molecular weight excluding hydrogens is 356 g/mol. The maximum absolute atomic E-state index is 13.3. The Morgan fingerprint density at radius 2 is 1.82 bits per heavy atom. The molecule has 28 heavy (non-hydrogen) atoms. The second kappa shape index (κ2) is 7.53. The van der Waals surface area contributed by atoms with E-state index < -0.39 is 11.2 Å². The van der Waals surface area contributed by atoms with E-state index in [1.54, 1.807) is 6.07 Å². The Morgan fingerprint density at radius 3 is 2.43 bits per heavy atom. The molecule has 0 bridgehead atoms. The van der Waals surface area contributed by atoms with E-state index in [4.69, 9.17) is 0 Å². The Morgan fingerprint density at radius 1 is 1.18 bits per heavy atom. The number of carbonyl (C=O) groups excluding carboxylic acids is 1. The molecular formula is C21H28N4O3. The largest absolute Gasteiger partial charge is 0.333 e. The molecule has 2 heterocycles. The predicted molar refractivity (Wildman–Crippen MR) is 108 cm³/mol. The number of H-pyrrole nitrogens is 1. The summed E-state index contributed by atoms with van der Waals surface area (Å²) >= 11 is 0. The van der Waals surface area contributed by atoms with Crippen LogP contribution in [0.3, 0.4) is 0 Å². The highest BCUT2D eigenvalue weighted by Crippen LogP contribution is 2.36. The molecule has 7 nitrogen and oxygen atoms in total. The fraction of sp³-hybridized carbons (Fsp3) is 0.619. The number of hydrogen-bond donors (Lipinski definition) is 1. The summed E-state index contributed by atoms with van der Waals surface area (Å²) in [4.78, 5) is 46.5. The lowest BCUT2D eigenvalue weighted by molar-refractivity contribution is 0.0593. The van der Waals surface area contributed by atoms with Crippen LogP contribution in [0.15, 0.2) is 21.9 Å². The van der Waals surface area contributed by atoms with Crippen molar-refractivity contribution >= 4 is 16.9 Å². The van der Waals surface area contributed by atoms with E-state index in [9.17, 15) is 14.4 Å². The van der Waals surface area contributed by atoms with Gasteiger partial charge in [-0.25, -0.2) is 9.78 Å². The molecule has 0 atom stereocenters. The first kappa shape index (κ1) is 18.9. The summed E-state index contributed by atoms with van der Waals surface area (Å²) in [5, 5.41) is 0.298. The quantitative estimate of drug-likeness (QED) is 0.858. The summed E-state index contributed by atoms with van der Waals surface area (Å²) < 4.78 is 1.46. The summed E-state index contributed by atoms with van der Waals surface area (Å²) in [7, 11) is 0. The number of nitrogens with zero attached hydrogens (tertiary/aromatic N) is 3. The summed E-state index contributed by atoms with van der Waals surface area (Å²) in [5.74, 6) is 0.688. The molecule has 2 aromatic rings. The Balaban J connectivity index is 1.70. The molecule has 0 aromatic carbocycles. The van der Waals surface area contributed by atoms with Crippen LogP contribution in [0.2, 0.25) is 0 Å². The summed E-state index contributed by atoms with van der Waals surface area (Å²) in [6.45, 7) is 4.70. The monoisotopic (exact) mass is 384 g/mol. The molecule has 2 fully saturated rings. The highest BCUT2D eigenvalue weighted by molar-refractivity contribution is 5.97. The summed E-state index contributed by atoms with van der Waals surface area (Å²) in [6.07, 6.45) is 8.77. The average Bonchev–Trinajstić information content (AvgIpc) is 3.51. The van der Waals surface area contributed by atoms with Crippen LogP contribution in [0.4, 0.5) is 0 Å². The van der Waals surface area contributed by atoms with Gasteiger partial charge >= 0.3 is 5.69 Å². The summed E-state index contributed by atoms with van der Waals surface area (Å²) in [6, 6.07) is 2.20. The number of aromatic amines is 1. The third-order valence-corrected chi connectivity index (χ3v) is 6.08. The van der Waals surface area contributed by atoms with E-state index in [0.717, 1.165) is 50.9 Å². The van der Waals surface area contributed by atoms with E-state index in [-0.39, 0.29) is 11.9 Å². The van der Waals surface area contributed by atoms with Gasteiger partial charge in [0.1, 0.15) is 5.65 Å². The average molecular weight is 384 g/mol. The topological polar surface area (TPSA) is 88.1 Å². The standard InChI is InChI=1S/C21H28N4O3/c1-3-10-24-18-17(19(26)23-21(24)28)11-14(12-22-18)20(27)25(16-8-9-16)15-6-4-13(2)5-7-15/h11-13,15-16H,3-10H2,1-2H3,(H,23,26,28). The molecule has 0 aliphatic heterocycles. The van der Waals surface area contributed by atoms with Crippen molar-refractivity contribution in [1.82, 2.24) is 19.4 Å². The minimum Gasteiger partial charge on any atom is -0.333 e. The van der Waals surface area contributed by atoms with Crippen molar-refractivity contribution in [3.05, 3.63) is 38.7 Å². The van der Waals surface area contributed by atoms with Crippen LogP contribution >= 0.6 is 0 Å². The molecule has 7 heteroatoms. The van der Waals surface area contributed by atoms with E-state index in [1.165, 1.54) is 10.8 Å². The molecule has 2 aliphatic rings. The number of pyridine rings is 1. The first-order valence-electron chi connectivity index (χ1n) is 10.4. The van der Waals surface area contributed by atoms with Gasteiger partial charge in [-0.2, -0.15) is 0 Å². The molecule has 0 saturated heterocycles. The third-order valence-electron chi connectivity index (χ3n) is 6.08. The van der Waals surface area contributed by atoms with Crippen molar-refractivity contribution in [2.75, 3.05) is 0 Å². The van der Waals surface area contributed by atoms with E-state index in [0.29, 0.717) is 29.2 Å². The van der Waals surface area contributed by atoms with Crippen LogP contribution in [-0.4, -0.2) is 37.4 Å². The van der Waals surface area contributed by atoms with Crippen molar-refractivity contribution < 1.29 is 4.79 Å². The van der Waals surface area contributed by atoms with Gasteiger partial charge in [-0.15, -0.1) is 0 Å². The molecule has 2 aromatic heterocycles. The second-order valence-corrected chi connectivity index (χ2v) is 8.36. The van der Waals surface area contributed by atoms with E-state index in [1.807, 2.05) is 11.8 Å². The number of rotatable bonds is 5. The number of aromatic nitrogens is 3. The van der Waals surface area contributed by atoms with Crippen molar-refractivity contribution in [2.24, 2.45) is 5.92 Å². The zero-order valence-corrected chi connectivity index (χ0v) is 16.6. The zero-order valence-electron chi connectivity index (χ0n) is 16.6. The number of fused-ring (bicyclic) bond motifs is 1. The Hall–Kier alpha value is -2.44. The van der Waals surface area contributed by atoms with E-state index >= 15 is 0 Å². The maximum Gasteiger partial charge on any atom is 0.329 e. The lowest BCUT2D eigenvalue weighted by Crippen LogP contribution is -2.43. The second-order valence-electron chi connectivity index (χ2n) is 8.36. The van der Waals surface area contributed by atoms with Gasteiger partial charge in [0, 0.05) is 24.8 Å². The Labute approximate surface area is 163 Å². The van der Waals surface area contributed by atoms with Gasteiger partial charge in [0.15, 0.2) is 0 Å². The van der Waals surface area contributed by atoms with Gasteiger partial charge < -0.3 is 4.90 Å². The van der Waals surface area contributed by atoms with Crippen molar-refractivity contribution in [3.63, 3.8) is 0 Å². The minimum absolute atomic E-state index is 0.0379. The number of amides is 1. The lowest BCUT2D eigenvalue weighted by atomic mass is 9.86. The van der Waals surface area contributed by atoms with Crippen molar-refractivity contribution in [2.45, 2.75) is 77.4 Å². The Kier molecular flexibility index (Phi) is 5.08. The van der Waals surface area contributed by atoms with Crippen LogP contribution in [0, 0.1) is 5.92 Å². The fourth-order valence-electron chi connectivity index (χ4n) is 4.37. The lowest BCUT2D eigenvalue weighted by Gasteiger charge is -2.36. The third kappa shape index (κ3) is 3.50. The molecule has 0 radical (unpaired) electrons. The molecule has 0 spiro atoms. The number of nitrogens with one attached hydrogen (secondary N) is 1. The molecule has 1 amide bonds. The van der Waals surface area contributed by atoms with Gasteiger partial charge in [-0.1, -0.05) is 13.8 Å². The van der Waals surface area contributed by atoms with E-state index in [2.05, 4.69) is 16.9 Å². The normalized spacial score (nSPS) is 22.4. The summed E-state index contributed by atoms with van der Waals surface area (Å²) in [5.41, 5.74) is -0.164. The maximum atomic E-state index is 13.3. The smallest absolute Gasteiger partial charge is 0.329 e. The molecule has 2 saturated carbocycles. The highest BCUT2D eigenvalue weighted by atomic mass is 16.2. The minimum atomic E-state index is -0.487. The van der Waals surface area contributed by atoms with Crippen LogP contribution in [0.25, 0.3) is 11.0 Å². The van der Waals surface area contributed by atoms with Crippen LogP contribution < -0.4 is 11.2 Å². The molecule has 4 rings (SSSR count). The Bertz CT molecular complexity index is 997. The first-order valence-corrected chi connectivity index (χ1v) is 10.4. The van der Waals surface area contributed by atoms with Gasteiger partial charge in [-0.05, 0) is 56.9 Å². The highest BCUT2D eigenvalue weighted by Gasteiger charge is 2.39. The van der Waals surface area contributed by atoms with Crippen LogP contribution in [-0.2, 0) is 6.54 Å². The van der Waals surface area contributed by atoms with Gasteiger partial charge in [0.05, 0.1) is 10.9 Å². The zero-order chi connectivity index (χ0) is 19.8. The van der Waals surface area contributed by atoms with Gasteiger partial charge in [-0.3, -0.25) is 19.1 Å². The van der Waals surface area contributed by atoms with Crippen molar-refractivity contribution in [1.29, 1.82) is 0 Å². The number of hydrogen-bond acceptors (Lipinski definition) is 4.